The lowest BCUT2D eigenvalue weighted by Gasteiger charge is -2.16. The molecule has 1 unspecified atom stereocenters. The second-order valence-corrected chi connectivity index (χ2v) is 5.08. The minimum Gasteiger partial charge on any atom is -0.444 e. The Hall–Kier alpha value is -1.34. The Morgan fingerprint density at radius 3 is 2.82 bits per heavy atom. The zero-order valence-corrected chi connectivity index (χ0v) is 11.1. The van der Waals surface area contributed by atoms with Gasteiger partial charge in [-0.25, -0.2) is 4.98 Å². The SMILES string of the molecule is Cc1cnc(C(C)NCCCC(C)(C)C#N)o1. The largest absolute Gasteiger partial charge is 0.444 e. The van der Waals surface area contributed by atoms with Gasteiger partial charge in [0.05, 0.1) is 23.7 Å². The van der Waals surface area contributed by atoms with E-state index in [0.717, 1.165) is 31.0 Å². The Morgan fingerprint density at radius 1 is 1.59 bits per heavy atom. The van der Waals surface area contributed by atoms with E-state index in [4.69, 9.17) is 9.68 Å². The van der Waals surface area contributed by atoms with E-state index < -0.39 is 0 Å². The topological polar surface area (TPSA) is 61.9 Å². The predicted molar refractivity (Wildman–Crippen MR) is 66.3 cm³/mol. The molecule has 4 nitrogen and oxygen atoms in total. The molecule has 0 fully saturated rings. The number of rotatable bonds is 6. The average Bonchev–Trinajstić information content (AvgIpc) is 2.71. The van der Waals surface area contributed by atoms with E-state index in [1.807, 2.05) is 27.7 Å². The summed E-state index contributed by atoms with van der Waals surface area (Å²) in [4.78, 5) is 4.18. The number of nitriles is 1. The summed E-state index contributed by atoms with van der Waals surface area (Å²) in [6.07, 6.45) is 3.60. The number of aryl methyl sites for hydroxylation is 1. The molecule has 1 rings (SSSR count). The monoisotopic (exact) mass is 235 g/mol. The van der Waals surface area contributed by atoms with Crippen LogP contribution in [0, 0.1) is 23.7 Å². The third-order valence-electron chi connectivity index (χ3n) is 2.74. The van der Waals surface area contributed by atoms with Crippen LogP contribution in [-0.2, 0) is 0 Å². The smallest absolute Gasteiger partial charge is 0.211 e. The van der Waals surface area contributed by atoms with Crippen LogP contribution >= 0.6 is 0 Å². The zero-order chi connectivity index (χ0) is 12.9. The van der Waals surface area contributed by atoms with Crippen LogP contribution in [-0.4, -0.2) is 11.5 Å². The van der Waals surface area contributed by atoms with Gasteiger partial charge in [-0.2, -0.15) is 5.26 Å². The molecular weight excluding hydrogens is 214 g/mol. The van der Waals surface area contributed by atoms with Gasteiger partial charge in [0.15, 0.2) is 0 Å². The lowest BCUT2D eigenvalue weighted by Crippen LogP contribution is -2.21. The normalized spacial score (nSPS) is 13.4. The average molecular weight is 235 g/mol. The highest BCUT2D eigenvalue weighted by atomic mass is 16.4. The first-order valence-electron chi connectivity index (χ1n) is 6.01. The van der Waals surface area contributed by atoms with E-state index in [-0.39, 0.29) is 11.5 Å². The van der Waals surface area contributed by atoms with Crippen molar-refractivity contribution in [2.75, 3.05) is 6.54 Å². The molecule has 94 valence electrons. The van der Waals surface area contributed by atoms with Crippen molar-refractivity contribution in [3.05, 3.63) is 17.8 Å². The van der Waals surface area contributed by atoms with Gasteiger partial charge >= 0.3 is 0 Å². The Morgan fingerprint density at radius 2 is 2.29 bits per heavy atom. The molecule has 1 aromatic rings. The van der Waals surface area contributed by atoms with Crippen molar-refractivity contribution in [1.29, 1.82) is 5.26 Å². The fourth-order valence-electron chi connectivity index (χ4n) is 1.56. The van der Waals surface area contributed by atoms with E-state index in [2.05, 4.69) is 16.4 Å². The van der Waals surface area contributed by atoms with Crippen molar-refractivity contribution in [3.63, 3.8) is 0 Å². The molecule has 0 aliphatic carbocycles. The second-order valence-electron chi connectivity index (χ2n) is 5.08. The summed E-state index contributed by atoms with van der Waals surface area (Å²) in [6, 6.07) is 2.43. The molecule has 0 amide bonds. The van der Waals surface area contributed by atoms with Crippen LogP contribution in [0.1, 0.15) is 51.3 Å². The summed E-state index contributed by atoms with van der Waals surface area (Å²) in [5.74, 6) is 1.56. The number of hydrogen-bond donors (Lipinski definition) is 1. The molecule has 0 spiro atoms. The minimum absolute atomic E-state index is 0.119. The fraction of sp³-hybridized carbons (Fsp3) is 0.692. The van der Waals surface area contributed by atoms with Crippen LogP contribution in [0.5, 0.6) is 0 Å². The van der Waals surface area contributed by atoms with Crippen molar-refractivity contribution >= 4 is 0 Å². The molecule has 0 aromatic carbocycles. The molecule has 0 aliphatic heterocycles. The van der Waals surface area contributed by atoms with Crippen LogP contribution in [0.3, 0.4) is 0 Å². The van der Waals surface area contributed by atoms with Crippen LogP contribution in [0.25, 0.3) is 0 Å². The summed E-state index contributed by atoms with van der Waals surface area (Å²) in [7, 11) is 0. The molecule has 1 N–H and O–H groups in total. The van der Waals surface area contributed by atoms with Crippen molar-refractivity contribution in [3.8, 4) is 6.07 Å². The molecule has 0 aliphatic rings. The highest BCUT2D eigenvalue weighted by molar-refractivity contribution is 4.95. The van der Waals surface area contributed by atoms with Gasteiger partial charge in [-0.1, -0.05) is 0 Å². The molecule has 0 bridgehead atoms. The quantitative estimate of drug-likeness (QED) is 0.770. The number of nitrogens with zero attached hydrogens (tertiary/aromatic N) is 2. The first kappa shape index (κ1) is 13.7. The van der Waals surface area contributed by atoms with Crippen molar-refractivity contribution in [1.82, 2.24) is 10.3 Å². The number of nitrogens with one attached hydrogen (secondary N) is 1. The van der Waals surface area contributed by atoms with Crippen LogP contribution in [0.2, 0.25) is 0 Å². The molecule has 1 heterocycles. The molecule has 0 saturated heterocycles. The predicted octanol–water partition coefficient (Wildman–Crippen LogP) is 2.96. The van der Waals surface area contributed by atoms with E-state index >= 15 is 0 Å². The Kier molecular flexibility index (Phi) is 4.71. The summed E-state index contributed by atoms with van der Waals surface area (Å²) >= 11 is 0. The molecular formula is C13H21N3O. The van der Waals surface area contributed by atoms with E-state index in [0.29, 0.717) is 0 Å². The maximum absolute atomic E-state index is 8.89. The standard InChI is InChI=1S/C13H21N3O/c1-10-8-16-12(17-10)11(2)15-7-5-6-13(3,4)9-14/h8,11,15H,5-7H2,1-4H3. The highest BCUT2D eigenvalue weighted by Gasteiger charge is 2.16. The third-order valence-corrected chi connectivity index (χ3v) is 2.74. The fourth-order valence-corrected chi connectivity index (χ4v) is 1.56. The summed E-state index contributed by atoms with van der Waals surface area (Å²) in [5, 5.41) is 12.2. The number of hydrogen-bond acceptors (Lipinski definition) is 4. The molecule has 4 heteroatoms. The maximum atomic E-state index is 8.89. The number of oxazole rings is 1. The van der Waals surface area contributed by atoms with Crippen molar-refractivity contribution in [2.45, 2.75) is 46.6 Å². The van der Waals surface area contributed by atoms with Gasteiger partial charge in [-0.15, -0.1) is 0 Å². The van der Waals surface area contributed by atoms with E-state index in [9.17, 15) is 0 Å². The lowest BCUT2D eigenvalue weighted by molar-refractivity contribution is 0.381. The Bertz CT molecular complexity index is 390. The second kappa shape index (κ2) is 5.83. The summed E-state index contributed by atoms with van der Waals surface area (Å²) in [6.45, 7) is 8.72. The van der Waals surface area contributed by atoms with Crippen LogP contribution in [0.15, 0.2) is 10.6 Å². The van der Waals surface area contributed by atoms with Gasteiger partial charge in [-0.3, -0.25) is 0 Å². The van der Waals surface area contributed by atoms with Crippen LogP contribution < -0.4 is 5.32 Å². The van der Waals surface area contributed by atoms with Gasteiger partial charge in [0.2, 0.25) is 5.89 Å². The maximum Gasteiger partial charge on any atom is 0.211 e. The molecule has 0 radical (unpaired) electrons. The molecule has 17 heavy (non-hydrogen) atoms. The van der Waals surface area contributed by atoms with E-state index in [1.54, 1.807) is 6.20 Å². The summed E-state index contributed by atoms with van der Waals surface area (Å²) < 4.78 is 5.44. The van der Waals surface area contributed by atoms with Gasteiger partial charge in [0.25, 0.3) is 0 Å². The van der Waals surface area contributed by atoms with Crippen molar-refractivity contribution in [2.24, 2.45) is 5.41 Å². The highest BCUT2D eigenvalue weighted by Crippen LogP contribution is 2.20. The molecule has 0 saturated carbocycles. The minimum atomic E-state index is -0.232. The van der Waals surface area contributed by atoms with Gasteiger partial charge < -0.3 is 9.73 Å². The van der Waals surface area contributed by atoms with E-state index in [1.165, 1.54) is 0 Å². The molecule has 1 aromatic heterocycles. The third kappa shape index (κ3) is 4.58. The van der Waals surface area contributed by atoms with Gasteiger partial charge in [-0.05, 0) is 47.1 Å². The lowest BCUT2D eigenvalue weighted by atomic mass is 9.90. The van der Waals surface area contributed by atoms with Crippen molar-refractivity contribution < 1.29 is 4.42 Å². The number of aromatic nitrogens is 1. The van der Waals surface area contributed by atoms with Gasteiger partial charge in [0.1, 0.15) is 5.76 Å². The molecule has 1 atom stereocenters. The van der Waals surface area contributed by atoms with Crippen LogP contribution in [0.4, 0.5) is 0 Å². The zero-order valence-electron chi connectivity index (χ0n) is 11.1. The summed E-state index contributed by atoms with van der Waals surface area (Å²) in [5.41, 5.74) is -0.232. The Balaban J connectivity index is 2.26. The first-order chi connectivity index (χ1) is 7.94. The van der Waals surface area contributed by atoms with Gasteiger partial charge in [0, 0.05) is 0 Å². The Labute approximate surface area is 103 Å². The first-order valence-corrected chi connectivity index (χ1v) is 6.01.